The molecule has 102 valence electrons. The maximum Gasteiger partial charge on any atom is 0.311 e. The van der Waals surface area contributed by atoms with Gasteiger partial charge in [-0.2, -0.15) is 0 Å². The molecule has 1 aliphatic rings. The van der Waals surface area contributed by atoms with Crippen LogP contribution in [0.5, 0.6) is 0 Å². The summed E-state index contributed by atoms with van der Waals surface area (Å²) in [4.78, 5) is 24.0. The summed E-state index contributed by atoms with van der Waals surface area (Å²) in [5.41, 5.74) is 6.42. The molecule has 1 heterocycles. The van der Waals surface area contributed by atoms with Gasteiger partial charge in [0.1, 0.15) is 5.92 Å². The predicted molar refractivity (Wildman–Crippen MR) is 69.1 cm³/mol. The maximum atomic E-state index is 11.1. The molecule has 1 amide bonds. The van der Waals surface area contributed by atoms with Crippen molar-refractivity contribution in [3.63, 3.8) is 0 Å². The van der Waals surface area contributed by atoms with E-state index in [9.17, 15) is 9.59 Å². The highest BCUT2D eigenvalue weighted by molar-refractivity contribution is 5.93. The first-order chi connectivity index (χ1) is 9.00. The number of ether oxygens (including phenoxy) is 1. The van der Waals surface area contributed by atoms with Crippen LogP contribution in [-0.4, -0.2) is 43.3 Å². The molecule has 0 spiro atoms. The fraction of sp³-hybridized carbons (Fsp3) is 0.385. The first-order valence-corrected chi connectivity index (χ1v) is 5.94. The van der Waals surface area contributed by atoms with Crippen molar-refractivity contribution in [2.75, 3.05) is 25.2 Å². The Morgan fingerprint density at radius 1 is 1.32 bits per heavy atom. The van der Waals surface area contributed by atoms with Crippen molar-refractivity contribution in [1.82, 2.24) is 0 Å². The number of carbonyl (C=O) groups excluding carboxylic acids is 1. The number of nitrogens with zero attached hydrogens (tertiary/aromatic N) is 1. The highest BCUT2D eigenvalue weighted by Gasteiger charge is 2.36. The van der Waals surface area contributed by atoms with E-state index in [1.807, 2.05) is 11.9 Å². The molecule has 0 radical (unpaired) electrons. The second-order valence-electron chi connectivity index (χ2n) is 4.57. The Bertz CT molecular complexity index is 486. The van der Waals surface area contributed by atoms with Gasteiger partial charge >= 0.3 is 5.97 Å². The van der Waals surface area contributed by atoms with Crippen molar-refractivity contribution in [2.24, 2.45) is 11.7 Å². The van der Waals surface area contributed by atoms with E-state index in [2.05, 4.69) is 0 Å². The molecule has 2 rings (SSSR count). The number of hydrogen-bond acceptors (Lipinski definition) is 4. The van der Waals surface area contributed by atoms with Crippen molar-refractivity contribution >= 4 is 17.6 Å². The molecule has 6 nitrogen and oxygen atoms in total. The van der Waals surface area contributed by atoms with E-state index >= 15 is 0 Å². The quantitative estimate of drug-likeness (QED) is 0.817. The van der Waals surface area contributed by atoms with Crippen LogP contribution in [0.3, 0.4) is 0 Å². The van der Waals surface area contributed by atoms with E-state index in [-0.39, 0.29) is 12.6 Å². The van der Waals surface area contributed by atoms with Crippen LogP contribution < -0.4 is 10.6 Å². The number of rotatable bonds is 4. The van der Waals surface area contributed by atoms with Gasteiger partial charge in [0.25, 0.3) is 0 Å². The van der Waals surface area contributed by atoms with Gasteiger partial charge in [0.05, 0.1) is 19.3 Å². The number of carbonyl (C=O) groups is 2. The van der Waals surface area contributed by atoms with Gasteiger partial charge in [0.15, 0.2) is 0 Å². The van der Waals surface area contributed by atoms with E-state index < -0.39 is 17.8 Å². The monoisotopic (exact) mass is 264 g/mol. The summed E-state index contributed by atoms with van der Waals surface area (Å²) in [5.74, 6) is -1.88. The number of amides is 1. The minimum Gasteiger partial charge on any atom is -0.481 e. The van der Waals surface area contributed by atoms with Crippen molar-refractivity contribution < 1.29 is 19.4 Å². The van der Waals surface area contributed by atoms with Gasteiger partial charge < -0.3 is 20.5 Å². The van der Waals surface area contributed by atoms with Crippen molar-refractivity contribution in [2.45, 2.75) is 6.04 Å². The molecule has 1 saturated heterocycles. The Labute approximate surface area is 110 Å². The fourth-order valence-electron chi connectivity index (χ4n) is 2.21. The summed E-state index contributed by atoms with van der Waals surface area (Å²) in [6.07, 6.45) is 0. The van der Waals surface area contributed by atoms with Crippen LogP contribution in [0.2, 0.25) is 0 Å². The summed E-state index contributed by atoms with van der Waals surface area (Å²) in [6, 6.07) is 6.53. The van der Waals surface area contributed by atoms with Gasteiger partial charge in [-0.05, 0) is 24.3 Å². The normalized spacial score (nSPS) is 22.2. The van der Waals surface area contributed by atoms with E-state index in [0.29, 0.717) is 12.2 Å². The average Bonchev–Trinajstić information content (AvgIpc) is 2.87. The SMILES string of the molecule is CN(c1ccc(C(N)=O)cc1)C1COCC1C(=O)O. The maximum absolute atomic E-state index is 11.1. The Hall–Kier alpha value is -2.08. The molecule has 1 aromatic carbocycles. The average molecular weight is 264 g/mol. The van der Waals surface area contributed by atoms with Crippen LogP contribution in [0.1, 0.15) is 10.4 Å². The summed E-state index contributed by atoms with van der Waals surface area (Å²) in [7, 11) is 1.81. The molecule has 0 aromatic heterocycles. The van der Waals surface area contributed by atoms with Crippen LogP contribution >= 0.6 is 0 Å². The molecule has 3 N–H and O–H groups in total. The molecule has 1 fully saturated rings. The van der Waals surface area contributed by atoms with Crippen LogP contribution in [0, 0.1) is 5.92 Å². The molecule has 19 heavy (non-hydrogen) atoms. The molecule has 0 aliphatic carbocycles. The first-order valence-electron chi connectivity index (χ1n) is 5.94. The highest BCUT2D eigenvalue weighted by atomic mass is 16.5. The summed E-state index contributed by atoms with van der Waals surface area (Å²) in [5, 5.41) is 9.13. The molecule has 2 unspecified atom stereocenters. The highest BCUT2D eigenvalue weighted by Crippen LogP contribution is 2.24. The Kier molecular flexibility index (Phi) is 3.71. The van der Waals surface area contributed by atoms with E-state index in [4.69, 9.17) is 15.6 Å². The van der Waals surface area contributed by atoms with Crippen LogP contribution in [0.15, 0.2) is 24.3 Å². The van der Waals surface area contributed by atoms with Gasteiger partial charge in [0, 0.05) is 18.3 Å². The van der Waals surface area contributed by atoms with Gasteiger partial charge in [-0.25, -0.2) is 0 Å². The number of nitrogens with two attached hydrogens (primary N) is 1. The van der Waals surface area contributed by atoms with E-state index in [1.165, 1.54) is 0 Å². The second kappa shape index (κ2) is 5.27. The van der Waals surface area contributed by atoms with E-state index in [0.717, 1.165) is 5.69 Å². The molecule has 6 heteroatoms. The molecular formula is C13H16N2O4. The van der Waals surface area contributed by atoms with Crippen molar-refractivity contribution in [3.05, 3.63) is 29.8 Å². The lowest BCUT2D eigenvalue weighted by atomic mass is 10.0. The fourth-order valence-corrected chi connectivity index (χ4v) is 2.21. The lowest BCUT2D eigenvalue weighted by molar-refractivity contribution is -0.141. The zero-order valence-electron chi connectivity index (χ0n) is 10.6. The Balaban J connectivity index is 2.17. The smallest absolute Gasteiger partial charge is 0.311 e. The summed E-state index contributed by atoms with van der Waals surface area (Å²) < 4.78 is 5.24. The van der Waals surface area contributed by atoms with Crippen LogP contribution in [-0.2, 0) is 9.53 Å². The molecule has 1 aliphatic heterocycles. The standard InChI is InChI=1S/C13H16N2O4/c1-15(11-7-19-6-10(11)13(17)18)9-4-2-8(3-5-9)12(14)16/h2-5,10-11H,6-7H2,1H3,(H2,14,16)(H,17,18). The number of benzene rings is 1. The predicted octanol–water partition coefficient (Wildman–Crippen LogP) is 0.321. The zero-order valence-corrected chi connectivity index (χ0v) is 10.6. The van der Waals surface area contributed by atoms with Gasteiger partial charge in [-0.1, -0.05) is 0 Å². The number of carboxylic acids is 1. The van der Waals surface area contributed by atoms with Gasteiger partial charge in [-0.3, -0.25) is 9.59 Å². The van der Waals surface area contributed by atoms with Crippen molar-refractivity contribution in [3.8, 4) is 0 Å². The minimum absolute atomic E-state index is 0.211. The second-order valence-corrected chi connectivity index (χ2v) is 4.57. The number of anilines is 1. The summed E-state index contributed by atoms with van der Waals surface area (Å²) >= 11 is 0. The van der Waals surface area contributed by atoms with E-state index in [1.54, 1.807) is 24.3 Å². The number of primary amides is 1. The van der Waals surface area contributed by atoms with Gasteiger partial charge in [0.2, 0.25) is 5.91 Å². The molecule has 0 saturated carbocycles. The Morgan fingerprint density at radius 2 is 1.95 bits per heavy atom. The third-order valence-electron chi connectivity index (χ3n) is 3.42. The van der Waals surface area contributed by atoms with Crippen LogP contribution in [0.25, 0.3) is 0 Å². The number of aliphatic carboxylic acids is 1. The molecule has 1 aromatic rings. The number of likely N-dealkylation sites (N-methyl/N-ethyl adjacent to an activating group) is 1. The molecular weight excluding hydrogens is 248 g/mol. The minimum atomic E-state index is -0.858. The van der Waals surface area contributed by atoms with Crippen molar-refractivity contribution in [1.29, 1.82) is 0 Å². The number of carboxylic acid groups (broad SMARTS) is 1. The third-order valence-corrected chi connectivity index (χ3v) is 3.42. The first kappa shape index (κ1) is 13.4. The zero-order chi connectivity index (χ0) is 14.0. The summed E-state index contributed by atoms with van der Waals surface area (Å²) in [6.45, 7) is 0.606. The van der Waals surface area contributed by atoms with Gasteiger partial charge in [-0.15, -0.1) is 0 Å². The lowest BCUT2D eigenvalue weighted by Crippen LogP contribution is -2.40. The third kappa shape index (κ3) is 2.68. The molecule has 0 bridgehead atoms. The largest absolute Gasteiger partial charge is 0.481 e. The molecule has 2 atom stereocenters. The topological polar surface area (TPSA) is 92.9 Å². The van der Waals surface area contributed by atoms with Crippen LogP contribution in [0.4, 0.5) is 5.69 Å². The number of hydrogen-bond donors (Lipinski definition) is 2. The lowest BCUT2D eigenvalue weighted by Gasteiger charge is -2.28. The Morgan fingerprint density at radius 3 is 2.47 bits per heavy atom.